The first-order valence-corrected chi connectivity index (χ1v) is 5.77. The number of benzene rings is 1. The Morgan fingerprint density at radius 3 is 2.89 bits per heavy atom. The van der Waals surface area contributed by atoms with Crippen molar-refractivity contribution in [3.63, 3.8) is 0 Å². The van der Waals surface area contributed by atoms with Gasteiger partial charge < -0.3 is 10.5 Å². The van der Waals surface area contributed by atoms with Crippen molar-refractivity contribution in [1.82, 2.24) is 4.98 Å². The minimum atomic E-state index is 0.501. The van der Waals surface area contributed by atoms with Crippen molar-refractivity contribution in [2.75, 3.05) is 12.3 Å². The topological polar surface area (TPSA) is 48.1 Å². The van der Waals surface area contributed by atoms with Crippen molar-refractivity contribution in [3.8, 4) is 16.9 Å². The highest BCUT2D eigenvalue weighted by Crippen LogP contribution is 2.28. The van der Waals surface area contributed by atoms with Gasteiger partial charge in [0, 0.05) is 6.20 Å². The van der Waals surface area contributed by atoms with E-state index < -0.39 is 0 Å². The maximum Gasteiger partial charge on any atom is 0.123 e. The van der Waals surface area contributed by atoms with Gasteiger partial charge in [0.05, 0.1) is 0 Å². The number of anilines is 1. The summed E-state index contributed by atoms with van der Waals surface area (Å²) in [5.41, 5.74) is 9.03. The van der Waals surface area contributed by atoms with Gasteiger partial charge in [-0.3, -0.25) is 0 Å². The maximum atomic E-state index is 5.71. The zero-order valence-electron chi connectivity index (χ0n) is 10.4. The number of pyridine rings is 1. The zero-order chi connectivity index (χ0) is 13.0. The summed E-state index contributed by atoms with van der Waals surface area (Å²) in [6.07, 6.45) is 3.44. The molecule has 0 aliphatic heterocycles. The second-order valence-corrected chi connectivity index (χ2v) is 4.05. The van der Waals surface area contributed by atoms with Crippen LogP contribution in [0.2, 0.25) is 0 Å². The van der Waals surface area contributed by atoms with Crippen LogP contribution < -0.4 is 10.5 Å². The number of nitrogens with two attached hydrogens (primary N) is 1. The van der Waals surface area contributed by atoms with Crippen LogP contribution in [0.25, 0.3) is 11.1 Å². The molecule has 2 rings (SSSR count). The molecule has 1 heterocycles. The van der Waals surface area contributed by atoms with E-state index in [4.69, 9.17) is 10.5 Å². The van der Waals surface area contributed by atoms with E-state index in [9.17, 15) is 0 Å². The third kappa shape index (κ3) is 2.69. The molecule has 18 heavy (non-hydrogen) atoms. The second kappa shape index (κ2) is 5.36. The van der Waals surface area contributed by atoms with Gasteiger partial charge in [0.15, 0.2) is 0 Å². The molecule has 0 saturated heterocycles. The summed E-state index contributed by atoms with van der Waals surface area (Å²) in [5, 5.41) is 0. The molecule has 2 N–H and O–H groups in total. The molecule has 1 aromatic heterocycles. The second-order valence-electron chi connectivity index (χ2n) is 4.05. The minimum absolute atomic E-state index is 0.501. The predicted octanol–water partition coefficient (Wildman–Crippen LogP) is 3.20. The number of aromatic nitrogens is 1. The molecule has 0 fully saturated rings. The van der Waals surface area contributed by atoms with Crippen molar-refractivity contribution in [2.24, 2.45) is 0 Å². The van der Waals surface area contributed by atoms with E-state index in [0.717, 1.165) is 16.9 Å². The zero-order valence-corrected chi connectivity index (χ0v) is 10.4. The molecular formula is C15H16N2O. The van der Waals surface area contributed by atoms with Crippen molar-refractivity contribution < 1.29 is 4.74 Å². The monoisotopic (exact) mass is 240 g/mol. The fraction of sp³-hybridized carbons (Fsp3) is 0.133. The Hall–Kier alpha value is -2.29. The average Bonchev–Trinajstić information content (AvgIpc) is 2.38. The number of hydrogen-bond acceptors (Lipinski definition) is 3. The lowest BCUT2D eigenvalue weighted by molar-refractivity contribution is 0.363. The number of aryl methyl sites for hydroxylation is 1. The van der Waals surface area contributed by atoms with E-state index in [1.165, 1.54) is 5.56 Å². The molecule has 0 amide bonds. The standard InChI is InChI=1S/C15H16N2O/c1-3-8-18-13-5-4-11(2)14(10-13)12-6-7-17-15(16)9-12/h3-7,9-10H,1,8H2,2H3,(H2,16,17). The predicted molar refractivity (Wildman–Crippen MR) is 74.5 cm³/mol. The molecule has 0 aliphatic carbocycles. The van der Waals surface area contributed by atoms with E-state index in [-0.39, 0.29) is 0 Å². The maximum absolute atomic E-state index is 5.71. The summed E-state index contributed by atoms with van der Waals surface area (Å²) in [6.45, 7) is 6.20. The number of nitrogens with zero attached hydrogens (tertiary/aromatic N) is 1. The molecule has 1 aromatic carbocycles. The molecule has 2 aromatic rings. The van der Waals surface area contributed by atoms with Crippen LogP contribution in [0.4, 0.5) is 5.82 Å². The van der Waals surface area contributed by atoms with Crippen molar-refractivity contribution >= 4 is 5.82 Å². The Morgan fingerprint density at radius 1 is 1.33 bits per heavy atom. The number of nitrogen functional groups attached to an aromatic ring is 1. The summed E-state index contributed by atoms with van der Waals surface area (Å²) in [7, 11) is 0. The van der Waals surface area contributed by atoms with Gasteiger partial charge in [-0.2, -0.15) is 0 Å². The van der Waals surface area contributed by atoms with Gasteiger partial charge in [-0.1, -0.05) is 18.7 Å². The van der Waals surface area contributed by atoms with Crippen LogP contribution in [0.5, 0.6) is 5.75 Å². The molecule has 92 valence electrons. The molecule has 0 bridgehead atoms. The smallest absolute Gasteiger partial charge is 0.123 e. The summed E-state index contributed by atoms with van der Waals surface area (Å²) in [5.74, 6) is 1.34. The molecule has 3 nitrogen and oxygen atoms in total. The van der Waals surface area contributed by atoms with E-state index >= 15 is 0 Å². The van der Waals surface area contributed by atoms with Gasteiger partial charge in [-0.05, 0) is 47.9 Å². The van der Waals surface area contributed by atoms with Gasteiger partial charge in [0.1, 0.15) is 18.2 Å². The molecule has 0 radical (unpaired) electrons. The Balaban J connectivity index is 2.39. The fourth-order valence-corrected chi connectivity index (χ4v) is 1.77. The van der Waals surface area contributed by atoms with Crippen molar-refractivity contribution in [3.05, 3.63) is 54.7 Å². The molecule has 0 atom stereocenters. The van der Waals surface area contributed by atoms with Crippen LogP contribution >= 0.6 is 0 Å². The third-order valence-electron chi connectivity index (χ3n) is 2.67. The van der Waals surface area contributed by atoms with Gasteiger partial charge in [0.2, 0.25) is 0 Å². The highest BCUT2D eigenvalue weighted by atomic mass is 16.5. The summed E-state index contributed by atoms with van der Waals surface area (Å²) < 4.78 is 5.54. The summed E-state index contributed by atoms with van der Waals surface area (Å²) >= 11 is 0. The van der Waals surface area contributed by atoms with Crippen LogP contribution in [-0.2, 0) is 0 Å². The van der Waals surface area contributed by atoms with E-state index in [0.29, 0.717) is 12.4 Å². The summed E-state index contributed by atoms with van der Waals surface area (Å²) in [4.78, 5) is 4.00. The number of ether oxygens (including phenoxy) is 1. The van der Waals surface area contributed by atoms with Gasteiger partial charge in [-0.15, -0.1) is 0 Å². The van der Waals surface area contributed by atoms with Crippen LogP contribution in [0.15, 0.2) is 49.2 Å². The number of rotatable bonds is 4. The van der Waals surface area contributed by atoms with Crippen molar-refractivity contribution in [2.45, 2.75) is 6.92 Å². The highest BCUT2D eigenvalue weighted by molar-refractivity contribution is 5.70. The van der Waals surface area contributed by atoms with Crippen LogP contribution in [0, 0.1) is 6.92 Å². The quantitative estimate of drug-likeness (QED) is 0.835. The van der Waals surface area contributed by atoms with Gasteiger partial charge >= 0.3 is 0 Å². The minimum Gasteiger partial charge on any atom is -0.490 e. The van der Waals surface area contributed by atoms with Crippen LogP contribution in [0.3, 0.4) is 0 Å². The fourth-order valence-electron chi connectivity index (χ4n) is 1.77. The Morgan fingerprint density at radius 2 is 2.17 bits per heavy atom. The first-order chi connectivity index (χ1) is 8.70. The molecule has 0 unspecified atom stereocenters. The van der Waals surface area contributed by atoms with E-state index in [1.807, 2.05) is 30.3 Å². The molecule has 0 spiro atoms. The Labute approximate surface area is 107 Å². The van der Waals surface area contributed by atoms with Gasteiger partial charge in [-0.25, -0.2) is 4.98 Å². The Bertz CT molecular complexity index is 564. The average molecular weight is 240 g/mol. The van der Waals surface area contributed by atoms with Crippen molar-refractivity contribution in [1.29, 1.82) is 0 Å². The first-order valence-electron chi connectivity index (χ1n) is 5.77. The Kier molecular flexibility index (Phi) is 3.63. The number of hydrogen-bond donors (Lipinski definition) is 1. The van der Waals surface area contributed by atoms with Crippen LogP contribution in [0.1, 0.15) is 5.56 Å². The highest BCUT2D eigenvalue weighted by Gasteiger charge is 2.04. The molecule has 3 heteroatoms. The summed E-state index contributed by atoms with van der Waals surface area (Å²) in [6, 6.07) is 9.79. The van der Waals surface area contributed by atoms with E-state index in [2.05, 4.69) is 18.5 Å². The molecule has 0 aliphatic rings. The lowest BCUT2D eigenvalue weighted by Crippen LogP contribution is -1.95. The first kappa shape index (κ1) is 12.2. The lowest BCUT2D eigenvalue weighted by atomic mass is 10.0. The SMILES string of the molecule is C=CCOc1ccc(C)c(-c2ccnc(N)c2)c1. The molecular weight excluding hydrogens is 224 g/mol. The third-order valence-corrected chi connectivity index (χ3v) is 2.67. The van der Waals surface area contributed by atoms with E-state index in [1.54, 1.807) is 12.3 Å². The molecule has 0 saturated carbocycles. The van der Waals surface area contributed by atoms with Gasteiger partial charge in [0.25, 0.3) is 0 Å². The normalized spacial score (nSPS) is 10.1. The largest absolute Gasteiger partial charge is 0.490 e. The lowest BCUT2D eigenvalue weighted by Gasteiger charge is -2.10. The van der Waals surface area contributed by atoms with Crippen LogP contribution in [-0.4, -0.2) is 11.6 Å².